The van der Waals surface area contributed by atoms with E-state index < -0.39 is 11.9 Å². The lowest BCUT2D eigenvalue weighted by atomic mass is 9.93. The molecule has 0 radical (unpaired) electrons. The summed E-state index contributed by atoms with van der Waals surface area (Å²) in [6, 6.07) is 0.189. The van der Waals surface area contributed by atoms with Crippen LogP contribution < -0.4 is 9.64 Å². The molecule has 4 aromatic heterocycles. The summed E-state index contributed by atoms with van der Waals surface area (Å²) >= 11 is 0. The number of anilines is 1. The number of ether oxygens (including phenoxy) is 1. The topological polar surface area (TPSA) is 99.7 Å². The molecule has 39 heavy (non-hydrogen) atoms. The summed E-state index contributed by atoms with van der Waals surface area (Å²) < 4.78 is 48.5. The third-order valence-corrected chi connectivity index (χ3v) is 8.00. The molecular formula is C26H26F3N9O. The van der Waals surface area contributed by atoms with Crippen molar-refractivity contribution >= 4 is 5.95 Å². The van der Waals surface area contributed by atoms with Gasteiger partial charge in [0.05, 0.1) is 30.0 Å². The van der Waals surface area contributed by atoms with E-state index in [2.05, 4.69) is 29.8 Å². The van der Waals surface area contributed by atoms with Crippen molar-refractivity contribution in [1.29, 1.82) is 0 Å². The van der Waals surface area contributed by atoms with Crippen LogP contribution in [0, 0.1) is 0 Å². The fourth-order valence-corrected chi connectivity index (χ4v) is 6.11. The van der Waals surface area contributed by atoms with Gasteiger partial charge in [-0.3, -0.25) is 4.68 Å². The van der Waals surface area contributed by atoms with E-state index in [1.165, 1.54) is 17.3 Å². The monoisotopic (exact) mass is 537 g/mol. The summed E-state index contributed by atoms with van der Waals surface area (Å²) in [4.78, 5) is 24.2. The Bertz CT molecular complexity index is 1570. The Hall–Kier alpha value is -4.03. The standard InChI is InChI=1S/C26H26F3N9O/c1-36-11-18(26(27,28)29)34-23(36)14-9-30-25(31-10-14)38-15-6-7-16(38)19-17(8-15)37(2)35-22(19)20-21(13-4-5-13)32-12-33-24(20)39-3/h9-13,15-16H,4-8H2,1-3H3. The van der Waals surface area contributed by atoms with Crippen molar-refractivity contribution in [2.24, 2.45) is 14.1 Å². The molecule has 2 aliphatic heterocycles. The number of aromatic nitrogens is 8. The van der Waals surface area contributed by atoms with Crippen molar-refractivity contribution in [3.8, 4) is 28.5 Å². The summed E-state index contributed by atoms with van der Waals surface area (Å²) in [6.07, 6.45) is 5.92. The first kappa shape index (κ1) is 24.0. The minimum Gasteiger partial charge on any atom is -0.480 e. The zero-order valence-electron chi connectivity index (χ0n) is 21.6. The molecule has 0 aromatic carbocycles. The predicted octanol–water partition coefficient (Wildman–Crippen LogP) is 4.24. The highest BCUT2D eigenvalue weighted by Crippen LogP contribution is 2.52. The third-order valence-electron chi connectivity index (χ3n) is 8.00. The van der Waals surface area contributed by atoms with Gasteiger partial charge in [-0.2, -0.15) is 18.3 Å². The first-order valence-electron chi connectivity index (χ1n) is 12.9. The highest BCUT2D eigenvalue weighted by Gasteiger charge is 2.46. The molecule has 1 saturated carbocycles. The average Bonchev–Trinajstić information content (AvgIpc) is 3.52. The van der Waals surface area contributed by atoms with Crippen LogP contribution in [0.4, 0.5) is 19.1 Å². The van der Waals surface area contributed by atoms with Crippen LogP contribution in [0.3, 0.4) is 0 Å². The molecule has 4 aromatic rings. The maximum Gasteiger partial charge on any atom is 0.434 e. The van der Waals surface area contributed by atoms with E-state index in [4.69, 9.17) is 9.84 Å². The molecule has 1 aliphatic carbocycles. The molecule has 0 spiro atoms. The van der Waals surface area contributed by atoms with Crippen LogP contribution in [0.2, 0.25) is 0 Å². The van der Waals surface area contributed by atoms with E-state index in [9.17, 15) is 13.2 Å². The van der Waals surface area contributed by atoms with Crippen LogP contribution in [0.15, 0.2) is 24.9 Å². The minimum atomic E-state index is -4.52. The zero-order chi connectivity index (χ0) is 27.1. The van der Waals surface area contributed by atoms with E-state index in [0.717, 1.165) is 60.8 Å². The van der Waals surface area contributed by atoms with Gasteiger partial charge in [0.15, 0.2) is 5.69 Å². The summed E-state index contributed by atoms with van der Waals surface area (Å²) in [5.41, 5.74) is 4.44. The van der Waals surface area contributed by atoms with E-state index in [0.29, 0.717) is 23.3 Å². The van der Waals surface area contributed by atoms with Crippen molar-refractivity contribution in [1.82, 2.24) is 39.3 Å². The lowest BCUT2D eigenvalue weighted by Gasteiger charge is -2.35. The van der Waals surface area contributed by atoms with E-state index in [1.807, 2.05) is 11.7 Å². The molecule has 2 atom stereocenters. The van der Waals surface area contributed by atoms with Gasteiger partial charge in [-0.15, -0.1) is 0 Å². The Morgan fingerprint density at radius 1 is 1.00 bits per heavy atom. The average molecular weight is 538 g/mol. The second-order valence-electron chi connectivity index (χ2n) is 10.4. The van der Waals surface area contributed by atoms with Gasteiger partial charge in [-0.1, -0.05) is 0 Å². The number of fused-ring (bicyclic) bond motifs is 4. The molecule has 13 heteroatoms. The van der Waals surface area contributed by atoms with Crippen LogP contribution in [-0.4, -0.2) is 52.4 Å². The van der Waals surface area contributed by atoms with E-state index in [-0.39, 0.29) is 17.9 Å². The summed E-state index contributed by atoms with van der Waals surface area (Å²) in [5.74, 6) is 1.60. The Kier molecular flexibility index (Phi) is 5.23. The van der Waals surface area contributed by atoms with Gasteiger partial charge in [-0.25, -0.2) is 24.9 Å². The van der Waals surface area contributed by atoms with Crippen molar-refractivity contribution in [2.45, 2.75) is 56.3 Å². The number of halogens is 3. The van der Waals surface area contributed by atoms with E-state index in [1.54, 1.807) is 25.8 Å². The van der Waals surface area contributed by atoms with Gasteiger partial charge in [0.1, 0.15) is 17.8 Å². The number of rotatable bonds is 5. The summed E-state index contributed by atoms with van der Waals surface area (Å²) in [5, 5.41) is 4.96. The first-order chi connectivity index (χ1) is 18.7. The van der Waals surface area contributed by atoms with Crippen LogP contribution in [0.1, 0.15) is 60.3 Å². The third kappa shape index (κ3) is 3.77. The lowest BCUT2D eigenvalue weighted by Crippen LogP contribution is -2.39. The molecule has 2 fully saturated rings. The molecule has 7 rings (SSSR count). The number of nitrogens with zero attached hydrogens (tertiary/aromatic N) is 9. The quantitative estimate of drug-likeness (QED) is 0.373. The van der Waals surface area contributed by atoms with Gasteiger partial charge < -0.3 is 14.2 Å². The molecule has 10 nitrogen and oxygen atoms in total. The summed E-state index contributed by atoms with van der Waals surface area (Å²) in [7, 11) is 5.11. The molecule has 0 amide bonds. The lowest BCUT2D eigenvalue weighted by molar-refractivity contribution is -0.140. The van der Waals surface area contributed by atoms with Crippen LogP contribution >= 0.6 is 0 Å². The van der Waals surface area contributed by atoms with E-state index >= 15 is 0 Å². The van der Waals surface area contributed by atoms with Crippen molar-refractivity contribution < 1.29 is 17.9 Å². The van der Waals surface area contributed by atoms with Crippen LogP contribution in [-0.2, 0) is 26.7 Å². The first-order valence-corrected chi connectivity index (χ1v) is 12.9. The molecule has 0 N–H and O–H groups in total. The smallest absolute Gasteiger partial charge is 0.434 e. The number of imidazole rings is 1. The number of hydrogen-bond acceptors (Lipinski definition) is 8. The highest BCUT2D eigenvalue weighted by atomic mass is 19.4. The largest absolute Gasteiger partial charge is 0.480 e. The zero-order valence-corrected chi connectivity index (χ0v) is 21.6. The van der Waals surface area contributed by atoms with Gasteiger partial charge in [0.25, 0.3) is 0 Å². The van der Waals surface area contributed by atoms with Crippen molar-refractivity contribution in [3.05, 3.63) is 47.6 Å². The second-order valence-corrected chi connectivity index (χ2v) is 10.4. The van der Waals surface area contributed by atoms with Crippen molar-refractivity contribution in [2.75, 3.05) is 12.0 Å². The molecule has 2 unspecified atom stereocenters. The fraction of sp³-hybridized carbons (Fsp3) is 0.462. The van der Waals surface area contributed by atoms with Gasteiger partial charge in [-0.05, 0) is 25.7 Å². The molecule has 3 aliphatic rings. The molecule has 2 bridgehead atoms. The number of aryl methyl sites for hydroxylation is 2. The Morgan fingerprint density at radius 2 is 1.77 bits per heavy atom. The molecule has 202 valence electrons. The normalized spacial score (nSPS) is 20.4. The maximum absolute atomic E-state index is 13.2. The van der Waals surface area contributed by atoms with Gasteiger partial charge >= 0.3 is 6.18 Å². The SMILES string of the molecule is COc1ncnc(C2CC2)c1-c1nn(C)c2c1C1CCC(C2)N1c1ncc(-c2nc(C(F)(F)F)cn2C)cn1. The Balaban J connectivity index is 1.27. The number of hydrogen-bond donors (Lipinski definition) is 0. The van der Waals surface area contributed by atoms with Gasteiger partial charge in [0.2, 0.25) is 11.8 Å². The van der Waals surface area contributed by atoms with Gasteiger partial charge in [0, 0.05) is 62.3 Å². The molecule has 6 heterocycles. The Labute approximate surface area is 221 Å². The number of methoxy groups -OCH3 is 1. The van der Waals surface area contributed by atoms with Crippen LogP contribution in [0.25, 0.3) is 22.6 Å². The van der Waals surface area contributed by atoms with Crippen molar-refractivity contribution in [3.63, 3.8) is 0 Å². The van der Waals surface area contributed by atoms with Crippen LogP contribution in [0.5, 0.6) is 5.88 Å². The maximum atomic E-state index is 13.2. The minimum absolute atomic E-state index is 0.00439. The Morgan fingerprint density at radius 3 is 2.44 bits per heavy atom. The molecular weight excluding hydrogens is 511 g/mol. The summed E-state index contributed by atoms with van der Waals surface area (Å²) in [6.45, 7) is 0. The predicted molar refractivity (Wildman–Crippen MR) is 134 cm³/mol. The highest BCUT2D eigenvalue weighted by molar-refractivity contribution is 5.74. The second kappa shape index (κ2) is 8.48. The number of alkyl halides is 3. The fourth-order valence-electron chi connectivity index (χ4n) is 6.11. The molecule has 1 saturated heterocycles.